The molecule has 3 aliphatic rings. The minimum absolute atomic E-state index is 0.312. The number of nitrogens with one attached hydrogen (secondary N) is 1. The van der Waals surface area contributed by atoms with Gasteiger partial charge in [0.15, 0.2) is 0 Å². The van der Waals surface area contributed by atoms with Crippen molar-refractivity contribution in [3.8, 4) is 0 Å². The monoisotopic (exact) mass is 223 g/mol. The summed E-state index contributed by atoms with van der Waals surface area (Å²) in [4.78, 5) is 0. The molecule has 92 valence electrons. The van der Waals surface area contributed by atoms with Crippen LogP contribution in [-0.2, 0) is 4.74 Å². The van der Waals surface area contributed by atoms with E-state index in [1.807, 2.05) is 0 Å². The van der Waals surface area contributed by atoms with Crippen LogP contribution in [0.1, 0.15) is 57.8 Å². The van der Waals surface area contributed by atoms with Crippen LogP contribution in [0.2, 0.25) is 0 Å². The Morgan fingerprint density at radius 2 is 2.06 bits per heavy atom. The maximum atomic E-state index is 5.95. The van der Waals surface area contributed by atoms with E-state index >= 15 is 0 Å². The zero-order chi connectivity index (χ0) is 10.8. The van der Waals surface area contributed by atoms with Gasteiger partial charge in [-0.25, -0.2) is 0 Å². The summed E-state index contributed by atoms with van der Waals surface area (Å²) < 4.78 is 5.95. The lowest BCUT2D eigenvalue weighted by Gasteiger charge is -2.47. The summed E-state index contributed by atoms with van der Waals surface area (Å²) in [5.74, 6) is 1.09. The van der Waals surface area contributed by atoms with Gasteiger partial charge in [-0.3, -0.25) is 0 Å². The molecule has 0 amide bonds. The molecule has 0 aromatic carbocycles. The predicted octanol–water partition coefficient (Wildman–Crippen LogP) is 2.87. The summed E-state index contributed by atoms with van der Waals surface area (Å²) in [7, 11) is 0. The van der Waals surface area contributed by atoms with E-state index in [0.717, 1.165) is 18.6 Å². The van der Waals surface area contributed by atoms with Crippen LogP contribution in [0.25, 0.3) is 0 Å². The molecule has 0 radical (unpaired) electrons. The molecule has 1 N–H and O–H groups in total. The molecule has 1 aliphatic heterocycles. The summed E-state index contributed by atoms with van der Waals surface area (Å²) in [5.41, 5.74) is 0.312. The van der Waals surface area contributed by atoms with Crippen molar-refractivity contribution in [2.75, 3.05) is 13.2 Å². The highest BCUT2D eigenvalue weighted by molar-refractivity contribution is 4.95. The zero-order valence-corrected chi connectivity index (χ0v) is 10.3. The molecule has 3 fully saturated rings. The molecule has 1 unspecified atom stereocenters. The van der Waals surface area contributed by atoms with E-state index in [9.17, 15) is 0 Å². The zero-order valence-electron chi connectivity index (χ0n) is 10.3. The first-order chi connectivity index (χ1) is 7.86. The van der Waals surface area contributed by atoms with E-state index in [1.54, 1.807) is 0 Å². The van der Waals surface area contributed by atoms with Gasteiger partial charge < -0.3 is 10.1 Å². The van der Waals surface area contributed by atoms with E-state index < -0.39 is 0 Å². The molecule has 1 heterocycles. The lowest BCUT2D eigenvalue weighted by Crippen LogP contribution is -2.51. The van der Waals surface area contributed by atoms with Crippen LogP contribution in [0.15, 0.2) is 0 Å². The second kappa shape index (κ2) is 4.66. The van der Waals surface area contributed by atoms with Gasteiger partial charge in [0.1, 0.15) is 0 Å². The molecule has 0 bridgehead atoms. The first kappa shape index (κ1) is 11.0. The molecule has 1 saturated heterocycles. The van der Waals surface area contributed by atoms with Crippen molar-refractivity contribution in [2.24, 2.45) is 5.92 Å². The fraction of sp³-hybridized carbons (Fsp3) is 1.00. The van der Waals surface area contributed by atoms with E-state index in [0.29, 0.717) is 5.60 Å². The highest BCUT2D eigenvalue weighted by atomic mass is 16.5. The third-order valence-electron chi connectivity index (χ3n) is 4.68. The molecule has 2 aliphatic carbocycles. The van der Waals surface area contributed by atoms with Crippen LogP contribution < -0.4 is 5.32 Å². The largest absolute Gasteiger partial charge is 0.375 e. The molecule has 2 heteroatoms. The molecular weight excluding hydrogens is 198 g/mol. The van der Waals surface area contributed by atoms with Crippen LogP contribution in [-0.4, -0.2) is 24.8 Å². The summed E-state index contributed by atoms with van der Waals surface area (Å²) >= 11 is 0. The summed E-state index contributed by atoms with van der Waals surface area (Å²) in [6.07, 6.45) is 12.4. The Labute approximate surface area is 99.1 Å². The second-order valence-electron chi connectivity index (χ2n) is 6.11. The van der Waals surface area contributed by atoms with E-state index in [-0.39, 0.29) is 0 Å². The minimum atomic E-state index is 0.312. The van der Waals surface area contributed by atoms with Gasteiger partial charge in [-0.2, -0.15) is 0 Å². The molecule has 1 spiro atoms. The van der Waals surface area contributed by atoms with Crippen LogP contribution >= 0.6 is 0 Å². The third kappa shape index (κ3) is 2.60. The van der Waals surface area contributed by atoms with Crippen molar-refractivity contribution in [3.05, 3.63) is 0 Å². The summed E-state index contributed by atoms with van der Waals surface area (Å²) in [6, 6.07) is 0.744. The van der Waals surface area contributed by atoms with Crippen molar-refractivity contribution >= 4 is 0 Å². The Kier molecular flexibility index (Phi) is 3.21. The smallest absolute Gasteiger partial charge is 0.0697 e. The number of rotatable bonds is 5. The molecule has 2 saturated carbocycles. The Balaban J connectivity index is 1.34. The summed E-state index contributed by atoms with van der Waals surface area (Å²) in [6.45, 7) is 2.22. The van der Waals surface area contributed by atoms with Gasteiger partial charge in [0, 0.05) is 12.6 Å². The Morgan fingerprint density at radius 3 is 2.75 bits per heavy atom. The lowest BCUT2D eigenvalue weighted by atomic mass is 9.74. The molecule has 2 nitrogen and oxygen atoms in total. The molecule has 0 aromatic heterocycles. The van der Waals surface area contributed by atoms with Crippen LogP contribution in [0, 0.1) is 5.92 Å². The third-order valence-corrected chi connectivity index (χ3v) is 4.68. The highest BCUT2D eigenvalue weighted by Crippen LogP contribution is 2.42. The van der Waals surface area contributed by atoms with Crippen molar-refractivity contribution in [2.45, 2.75) is 69.4 Å². The Morgan fingerprint density at radius 1 is 1.19 bits per heavy atom. The number of ether oxygens (including phenoxy) is 1. The van der Waals surface area contributed by atoms with Crippen molar-refractivity contribution in [3.63, 3.8) is 0 Å². The van der Waals surface area contributed by atoms with Gasteiger partial charge in [0.2, 0.25) is 0 Å². The topological polar surface area (TPSA) is 21.3 Å². The average Bonchev–Trinajstić information content (AvgIpc) is 3.07. The first-order valence-electron chi connectivity index (χ1n) is 7.24. The first-order valence-corrected chi connectivity index (χ1v) is 7.24. The molecule has 1 atom stereocenters. The van der Waals surface area contributed by atoms with Crippen LogP contribution in [0.5, 0.6) is 0 Å². The minimum Gasteiger partial charge on any atom is -0.375 e. The normalized spacial score (nSPS) is 32.6. The van der Waals surface area contributed by atoms with Crippen LogP contribution in [0.4, 0.5) is 0 Å². The molecule has 16 heavy (non-hydrogen) atoms. The molecular formula is C14H25NO. The maximum Gasteiger partial charge on any atom is 0.0697 e. The van der Waals surface area contributed by atoms with Gasteiger partial charge >= 0.3 is 0 Å². The quantitative estimate of drug-likeness (QED) is 0.724. The maximum absolute atomic E-state index is 5.95. The van der Waals surface area contributed by atoms with Gasteiger partial charge in [0.05, 0.1) is 5.60 Å². The number of hydrogen-bond acceptors (Lipinski definition) is 2. The molecule has 0 aromatic rings. The van der Waals surface area contributed by atoms with Crippen LogP contribution in [0.3, 0.4) is 0 Å². The van der Waals surface area contributed by atoms with Gasteiger partial charge in [-0.15, -0.1) is 0 Å². The van der Waals surface area contributed by atoms with Gasteiger partial charge in [0.25, 0.3) is 0 Å². The Bertz CT molecular complexity index is 233. The van der Waals surface area contributed by atoms with E-state index in [4.69, 9.17) is 4.74 Å². The molecule has 3 rings (SSSR count). The standard InChI is InChI=1S/C14H25NO/c1(3-12-4-5-12)9-15-13-6-10-16-14(11-13)7-2-8-14/h12-13,15H,1-11H2. The highest BCUT2D eigenvalue weighted by Gasteiger charge is 2.42. The Hall–Kier alpha value is -0.0800. The van der Waals surface area contributed by atoms with Crippen molar-refractivity contribution in [1.82, 2.24) is 5.32 Å². The van der Waals surface area contributed by atoms with Gasteiger partial charge in [-0.05, 0) is 57.4 Å². The lowest BCUT2D eigenvalue weighted by molar-refractivity contribution is -0.135. The SMILES string of the molecule is C(CNC1CCOC2(CCC2)C1)CC1CC1. The fourth-order valence-corrected chi connectivity index (χ4v) is 3.22. The summed E-state index contributed by atoms with van der Waals surface area (Å²) in [5, 5.41) is 3.75. The fourth-order valence-electron chi connectivity index (χ4n) is 3.22. The van der Waals surface area contributed by atoms with Crippen molar-refractivity contribution < 1.29 is 4.74 Å². The number of hydrogen-bond donors (Lipinski definition) is 1. The second-order valence-corrected chi connectivity index (χ2v) is 6.11. The van der Waals surface area contributed by atoms with Gasteiger partial charge in [-0.1, -0.05) is 12.8 Å². The van der Waals surface area contributed by atoms with Crippen molar-refractivity contribution in [1.29, 1.82) is 0 Å². The van der Waals surface area contributed by atoms with E-state index in [1.165, 1.54) is 64.3 Å². The van der Waals surface area contributed by atoms with E-state index in [2.05, 4.69) is 5.32 Å². The predicted molar refractivity (Wildman–Crippen MR) is 65.5 cm³/mol. The average molecular weight is 223 g/mol.